The molecule has 1 amide bonds. The molecule has 166 valence electrons. The van der Waals surface area contributed by atoms with Gasteiger partial charge in [0, 0.05) is 25.1 Å². The van der Waals surface area contributed by atoms with Gasteiger partial charge in [0.2, 0.25) is 6.79 Å². The molecule has 2 aromatic rings. The van der Waals surface area contributed by atoms with Crippen LogP contribution in [0.25, 0.3) is 0 Å². The molecule has 6 nitrogen and oxygen atoms in total. The lowest BCUT2D eigenvalue weighted by molar-refractivity contribution is 0.0111. The molecule has 2 aliphatic heterocycles. The van der Waals surface area contributed by atoms with Gasteiger partial charge in [-0.05, 0) is 62.9 Å². The molecule has 0 N–H and O–H groups in total. The van der Waals surface area contributed by atoms with Gasteiger partial charge in [0.05, 0.1) is 6.61 Å². The topological polar surface area (TPSA) is 57.2 Å². The van der Waals surface area contributed by atoms with Gasteiger partial charge in [-0.25, -0.2) is 9.18 Å². The summed E-state index contributed by atoms with van der Waals surface area (Å²) in [7, 11) is 0. The van der Waals surface area contributed by atoms with E-state index in [1.54, 1.807) is 4.90 Å². The normalized spacial score (nSPS) is 20.5. The van der Waals surface area contributed by atoms with Crippen LogP contribution in [0.1, 0.15) is 38.7 Å². The molecule has 0 aliphatic carbocycles. The predicted octanol–water partition coefficient (Wildman–Crippen LogP) is 4.97. The van der Waals surface area contributed by atoms with Crippen LogP contribution in [0.4, 0.5) is 9.18 Å². The highest BCUT2D eigenvalue weighted by Crippen LogP contribution is 2.37. The van der Waals surface area contributed by atoms with E-state index < -0.39 is 5.60 Å². The van der Waals surface area contributed by atoms with E-state index in [2.05, 4.69) is 0 Å². The molecule has 1 saturated heterocycles. The molecule has 2 aromatic carbocycles. The lowest BCUT2D eigenvalue weighted by Gasteiger charge is -2.39. The molecule has 2 heterocycles. The highest BCUT2D eigenvalue weighted by atomic mass is 19.1. The van der Waals surface area contributed by atoms with Crippen molar-refractivity contribution in [2.75, 3.05) is 26.5 Å². The van der Waals surface area contributed by atoms with Crippen molar-refractivity contribution in [3.8, 4) is 17.2 Å². The van der Waals surface area contributed by atoms with Crippen LogP contribution in [0.3, 0.4) is 0 Å². The monoisotopic (exact) mass is 429 g/mol. The number of nitrogens with zero attached hydrogens (tertiary/aromatic N) is 1. The number of rotatable bonds is 4. The SMILES string of the molecule is CC(C)(C)OC(=O)N1CC[C@H](c2ccc(F)cc2)[C@H](COc2ccc3c(c2)OCO3)C1. The van der Waals surface area contributed by atoms with Crippen LogP contribution >= 0.6 is 0 Å². The fourth-order valence-corrected chi connectivity index (χ4v) is 4.01. The number of fused-ring (bicyclic) bond motifs is 1. The van der Waals surface area contributed by atoms with E-state index in [-0.39, 0.29) is 30.5 Å². The molecule has 4 rings (SSSR count). The van der Waals surface area contributed by atoms with Crippen molar-refractivity contribution in [3.63, 3.8) is 0 Å². The van der Waals surface area contributed by atoms with Gasteiger partial charge in [-0.2, -0.15) is 0 Å². The van der Waals surface area contributed by atoms with E-state index in [9.17, 15) is 9.18 Å². The van der Waals surface area contributed by atoms with Gasteiger partial charge in [-0.3, -0.25) is 0 Å². The Balaban J connectivity index is 1.49. The molecule has 0 spiro atoms. The van der Waals surface area contributed by atoms with Crippen molar-refractivity contribution < 1.29 is 28.1 Å². The number of piperidine rings is 1. The van der Waals surface area contributed by atoms with E-state index in [0.717, 1.165) is 12.0 Å². The number of hydrogen-bond acceptors (Lipinski definition) is 5. The molecular formula is C24H28FNO5. The summed E-state index contributed by atoms with van der Waals surface area (Å²) in [5.41, 5.74) is 0.494. The predicted molar refractivity (Wildman–Crippen MR) is 113 cm³/mol. The second-order valence-corrected chi connectivity index (χ2v) is 8.96. The molecule has 31 heavy (non-hydrogen) atoms. The third kappa shape index (κ3) is 5.21. The van der Waals surface area contributed by atoms with Crippen molar-refractivity contribution in [1.82, 2.24) is 4.90 Å². The summed E-state index contributed by atoms with van der Waals surface area (Å²) in [6, 6.07) is 12.1. The first-order chi connectivity index (χ1) is 14.8. The Morgan fingerprint density at radius 3 is 2.61 bits per heavy atom. The number of hydrogen-bond donors (Lipinski definition) is 0. The minimum atomic E-state index is -0.552. The minimum Gasteiger partial charge on any atom is -0.493 e. The van der Waals surface area contributed by atoms with Crippen LogP contribution in [0.15, 0.2) is 42.5 Å². The molecular weight excluding hydrogens is 401 g/mol. The maximum atomic E-state index is 13.4. The second-order valence-electron chi connectivity index (χ2n) is 8.96. The first-order valence-corrected chi connectivity index (χ1v) is 10.5. The highest BCUT2D eigenvalue weighted by molar-refractivity contribution is 5.68. The summed E-state index contributed by atoms with van der Waals surface area (Å²) < 4.78 is 35.9. The first kappa shape index (κ1) is 21.3. The number of benzene rings is 2. The summed E-state index contributed by atoms with van der Waals surface area (Å²) >= 11 is 0. The first-order valence-electron chi connectivity index (χ1n) is 10.5. The lowest BCUT2D eigenvalue weighted by Crippen LogP contribution is -2.46. The van der Waals surface area contributed by atoms with Crippen molar-refractivity contribution in [3.05, 3.63) is 53.8 Å². The Morgan fingerprint density at radius 1 is 1.13 bits per heavy atom. The third-order valence-corrected chi connectivity index (χ3v) is 5.49. The zero-order valence-electron chi connectivity index (χ0n) is 18.1. The molecule has 2 aliphatic rings. The van der Waals surface area contributed by atoms with Crippen LogP contribution in [0, 0.1) is 11.7 Å². The molecule has 2 atom stereocenters. The van der Waals surface area contributed by atoms with Gasteiger partial charge in [-0.15, -0.1) is 0 Å². The summed E-state index contributed by atoms with van der Waals surface area (Å²) in [4.78, 5) is 14.4. The summed E-state index contributed by atoms with van der Waals surface area (Å²) in [6.45, 7) is 7.27. The van der Waals surface area contributed by atoms with Crippen LogP contribution < -0.4 is 14.2 Å². The molecule has 1 fully saturated rings. The number of ether oxygens (including phenoxy) is 4. The van der Waals surface area contributed by atoms with Gasteiger partial charge in [0.1, 0.15) is 17.2 Å². The molecule has 7 heteroatoms. The van der Waals surface area contributed by atoms with Gasteiger partial charge >= 0.3 is 6.09 Å². The summed E-state index contributed by atoms with van der Waals surface area (Å²) in [5, 5.41) is 0. The number of halogens is 1. The standard InChI is InChI=1S/C24H28FNO5/c1-24(2,3)31-23(27)26-11-10-20(16-4-6-18(25)7-5-16)17(13-26)14-28-19-8-9-21-22(12-19)30-15-29-21/h4-9,12,17,20H,10-11,13-15H2,1-3H3/t17-,20+/m0/s1. The van der Waals surface area contributed by atoms with Crippen molar-refractivity contribution in [2.24, 2.45) is 5.92 Å². The number of carbonyl (C=O) groups is 1. The fraction of sp³-hybridized carbons (Fsp3) is 0.458. The van der Waals surface area contributed by atoms with Gasteiger partial charge in [0.25, 0.3) is 0 Å². The summed E-state index contributed by atoms with van der Waals surface area (Å²) in [6.07, 6.45) is 0.429. The zero-order valence-corrected chi connectivity index (χ0v) is 18.1. The molecule has 0 radical (unpaired) electrons. The van der Waals surface area contributed by atoms with E-state index in [0.29, 0.717) is 36.9 Å². The summed E-state index contributed by atoms with van der Waals surface area (Å²) in [5.74, 6) is 1.95. The minimum absolute atomic E-state index is 0.0251. The van der Waals surface area contributed by atoms with Crippen LogP contribution in [-0.2, 0) is 4.74 Å². The highest BCUT2D eigenvalue weighted by Gasteiger charge is 2.35. The fourth-order valence-electron chi connectivity index (χ4n) is 4.01. The molecule has 0 aromatic heterocycles. The van der Waals surface area contributed by atoms with Crippen LogP contribution in [-0.4, -0.2) is 43.1 Å². The van der Waals surface area contributed by atoms with E-state index in [1.807, 2.05) is 51.1 Å². The van der Waals surface area contributed by atoms with E-state index >= 15 is 0 Å². The lowest BCUT2D eigenvalue weighted by atomic mass is 9.81. The van der Waals surface area contributed by atoms with Gasteiger partial charge in [0.15, 0.2) is 11.5 Å². The molecule has 0 saturated carbocycles. The molecule has 0 unspecified atom stereocenters. The largest absolute Gasteiger partial charge is 0.493 e. The van der Waals surface area contributed by atoms with E-state index in [1.165, 1.54) is 12.1 Å². The van der Waals surface area contributed by atoms with Gasteiger partial charge < -0.3 is 23.8 Å². The Labute approximate surface area is 181 Å². The second kappa shape index (κ2) is 8.65. The maximum Gasteiger partial charge on any atom is 0.410 e. The molecule has 0 bridgehead atoms. The third-order valence-electron chi connectivity index (χ3n) is 5.49. The quantitative estimate of drug-likeness (QED) is 0.687. The van der Waals surface area contributed by atoms with Gasteiger partial charge in [-0.1, -0.05) is 12.1 Å². The Hall–Kier alpha value is -2.96. The number of likely N-dealkylation sites (tertiary alicyclic amines) is 1. The Bertz CT molecular complexity index is 925. The number of amides is 1. The zero-order chi connectivity index (χ0) is 22.0. The average molecular weight is 429 g/mol. The Morgan fingerprint density at radius 2 is 1.87 bits per heavy atom. The smallest absolute Gasteiger partial charge is 0.410 e. The van der Waals surface area contributed by atoms with Crippen molar-refractivity contribution in [2.45, 2.75) is 38.7 Å². The van der Waals surface area contributed by atoms with Crippen LogP contribution in [0.5, 0.6) is 17.2 Å². The van der Waals surface area contributed by atoms with Crippen LogP contribution in [0.2, 0.25) is 0 Å². The Kier molecular flexibility index (Phi) is 5.94. The maximum absolute atomic E-state index is 13.4. The van der Waals surface area contributed by atoms with E-state index in [4.69, 9.17) is 18.9 Å². The van der Waals surface area contributed by atoms with Crippen molar-refractivity contribution >= 4 is 6.09 Å². The van der Waals surface area contributed by atoms with Crippen molar-refractivity contribution in [1.29, 1.82) is 0 Å². The number of carbonyl (C=O) groups excluding carboxylic acids is 1. The average Bonchev–Trinajstić information content (AvgIpc) is 3.19.